The number of anilines is 1. The van der Waals surface area contributed by atoms with E-state index < -0.39 is 12.0 Å². The average molecular weight is 294 g/mol. The number of rotatable bonds is 4. The lowest BCUT2D eigenvalue weighted by Crippen LogP contribution is -2.25. The highest BCUT2D eigenvalue weighted by Gasteiger charge is 2.18. The van der Waals surface area contributed by atoms with Gasteiger partial charge in [-0.15, -0.1) is 0 Å². The molecular weight excluding hydrogens is 282 g/mol. The molecule has 2 N–H and O–H groups in total. The summed E-state index contributed by atoms with van der Waals surface area (Å²) in [7, 11) is 0. The summed E-state index contributed by atoms with van der Waals surface area (Å²) in [5.41, 5.74) is 0.143. The van der Waals surface area contributed by atoms with Crippen molar-refractivity contribution in [3.05, 3.63) is 47.2 Å². The van der Waals surface area contributed by atoms with Gasteiger partial charge in [0.1, 0.15) is 6.04 Å². The average Bonchev–Trinajstić information content (AvgIpc) is 2.91. The molecule has 1 aromatic carbocycles. The van der Waals surface area contributed by atoms with Crippen molar-refractivity contribution in [1.82, 2.24) is 9.78 Å². The molecule has 0 aliphatic heterocycles. The second-order valence-electron chi connectivity index (χ2n) is 4.15. The molecule has 1 atom stereocenters. The van der Waals surface area contributed by atoms with Crippen molar-refractivity contribution in [3.63, 3.8) is 0 Å². The Hall–Kier alpha value is -2.34. The van der Waals surface area contributed by atoms with E-state index in [2.05, 4.69) is 10.4 Å². The first kappa shape index (κ1) is 14.1. The number of carbonyl (C=O) groups is 2. The number of halogens is 1. The first-order chi connectivity index (χ1) is 9.49. The van der Waals surface area contributed by atoms with Crippen LogP contribution in [0.4, 0.5) is 5.69 Å². The molecule has 0 saturated carbocycles. The second-order valence-corrected chi connectivity index (χ2v) is 4.58. The molecule has 2 aromatic rings. The smallest absolute Gasteiger partial charge is 0.337 e. The molecule has 1 aromatic heterocycles. The van der Waals surface area contributed by atoms with Crippen LogP contribution in [0.2, 0.25) is 5.02 Å². The highest BCUT2D eigenvalue weighted by molar-refractivity contribution is 6.31. The van der Waals surface area contributed by atoms with Gasteiger partial charge in [-0.2, -0.15) is 5.10 Å². The van der Waals surface area contributed by atoms with E-state index in [1.54, 1.807) is 25.4 Å². The lowest BCUT2D eigenvalue weighted by atomic mass is 10.1. The van der Waals surface area contributed by atoms with Gasteiger partial charge in [0.25, 0.3) is 0 Å². The Morgan fingerprint density at radius 2 is 2.20 bits per heavy atom. The molecule has 0 bridgehead atoms. The van der Waals surface area contributed by atoms with Crippen molar-refractivity contribution in [3.8, 4) is 0 Å². The Morgan fingerprint density at radius 1 is 1.45 bits per heavy atom. The maximum absolute atomic E-state index is 12.1. The van der Waals surface area contributed by atoms with Gasteiger partial charge in [0.05, 0.1) is 11.3 Å². The van der Waals surface area contributed by atoms with Crippen molar-refractivity contribution in [2.24, 2.45) is 0 Å². The van der Waals surface area contributed by atoms with Crippen molar-refractivity contribution in [2.75, 3.05) is 5.32 Å². The Balaban J connectivity index is 2.23. The van der Waals surface area contributed by atoms with Gasteiger partial charge < -0.3 is 10.4 Å². The molecule has 0 saturated heterocycles. The van der Waals surface area contributed by atoms with Crippen molar-refractivity contribution < 1.29 is 14.7 Å². The van der Waals surface area contributed by atoms with E-state index in [1.807, 2.05) is 0 Å². The van der Waals surface area contributed by atoms with Gasteiger partial charge in [-0.3, -0.25) is 9.48 Å². The summed E-state index contributed by atoms with van der Waals surface area (Å²) in [6, 6.07) is 5.34. The third-order valence-electron chi connectivity index (χ3n) is 2.77. The number of nitrogens with one attached hydrogen (secondary N) is 1. The van der Waals surface area contributed by atoms with Crippen LogP contribution in [0.1, 0.15) is 23.3 Å². The van der Waals surface area contributed by atoms with Crippen molar-refractivity contribution in [1.29, 1.82) is 0 Å². The molecule has 0 radical (unpaired) electrons. The monoisotopic (exact) mass is 293 g/mol. The summed E-state index contributed by atoms with van der Waals surface area (Å²) in [4.78, 5) is 23.2. The van der Waals surface area contributed by atoms with Crippen LogP contribution in [0.3, 0.4) is 0 Å². The number of benzene rings is 1. The number of aromatic carboxylic acids is 1. The second kappa shape index (κ2) is 5.75. The molecular formula is C13H12ClN3O3. The SMILES string of the molecule is CC(C(=O)Nc1cc(Cl)ccc1C(=O)O)n1cccn1. The topological polar surface area (TPSA) is 84.2 Å². The normalized spacial score (nSPS) is 11.9. The van der Waals surface area contributed by atoms with Crippen molar-refractivity contribution >= 4 is 29.2 Å². The quantitative estimate of drug-likeness (QED) is 0.907. The maximum atomic E-state index is 12.1. The molecule has 2 rings (SSSR count). The summed E-state index contributed by atoms with van der Waals surface area (Å²) >= 11 is 5.82. The molecule has 1 heterocycles. The molecule has 1 amide bonds. The summed E-state index contributed by atoms with van der Waals surface area (Å²) in [6.07, 6.45) is 3.21. The van der Waals surface area contributed by atoms with Crippen LogP contribution in [0.5, 0.6) is 0 Å². The van der Waals surface area contributed by atoms with E-state index in [4.69, 9.17) is 16.7 Å². The third-order valence-corrected chi connectivity index (χ3v) is 3.01. The summed E-state index contributed by atoms with van der Waals surface area (Å²) in [5.74, 6) is -1.51. The standard InChI is InChI=1S/C13H12ClN3O3/c1-8(17-6-2-5-15-17)12(18)16-11-7-9(14)3-4-10(11)13(19)20/h2-8H,1H3,(H,16,18)(H,19,20). The predicted octanol–water partition coefficient (Wildman–Crippen LogP) is 2.43. The number of carboxylic acids is 1. The number of hydrogen-bond donors (Lipinski definition) is 2. The van der Waals surface area contributed by atoms with Crippen LogP contribution in [-0.4, -0.2) is 26.8 Å². The minimum Gasteiger partial charge on any atom is -0.478 e. The van der Waals surface area contributed by atoms with Crippen molar-refractivity contribution in [2.45, 2.75) is 13.0 Å². The lowest BCUT2D eigenvalue weighted by molar-refractivity contribution is -0.119. The van der Waals surface area contributed by atoms with E-state index >= 15 is 0 Å². The van der Waals surface area contributed by atoms with E-state index in [-0.39, 0.29) is 17.2 Å². The van der Waals surface area contributed by atoms with Gasteiger partial charge >= 0.3 is 5.97 Å². The fourth-order valence-electron chi connectivity index (χ4n) is 1.67. The van der Waals surface area contributed by atoms with Gasteiger partial charge in [-0.25, -0.2) is 4.79 Å². The largest absolute Gasteiger partial charge is 0.478 e. The molecule has 20 heavy (non-hydrogen) atoms. The zero-order chi connectivity index (χ0) is 14.7. The zero-order valence-electron chi connectivity index (χ0n) is 10.6. The first-order valence-electron chi connectivity index (χ1n) is 5.82. The number of aromatic nitrogens is 2. The van der Waals surface area contributed by atoms with Gasteiger partial charge in [0.15, 0.2) is 0 Å². The third kappa shape index (κ3) is 2.97. The first-order valence-corrected chi connectivity index (χ1v) is 6.19. The minimum absolute atomic E-state index is 0.0181. The molecule has 0 fully saturated rings. The number of carboxylic acid groups (broad SMARTS) is 1. The molecule has 0 aliphatic carbocycles. The number of nitrogens with zero attached hydrogens (tertiary/aromatic N) is 2. The van der Waals surface area contributed by atoms with E-state index in [9.17, 15) is 9.59 Å². The van der Waals surface area contributed by atoms with Gasteiger partial charge in [0.2, 0.25) is 5.91 Å². The molecule has 0 spiro atoms. The maximum Gasteiger partial charge on any atom is 0.337 e. The number of amides is 1. The highest BCUT2D eigenvalue weighted by atomic mass is 35.5. The lowest BCUT2D eigenvalue weighted by Gasteiger charge is -2.14. The zero-order valence-corrected chi connectivity index (χ0v) is 11.3. The molecule has 0 aliphatic rings. The fraction of sp³-hybridized carbons (Fsp3) is 0.154. The van der Waals surface area contributed by atoms with Gasteiger partial charge in [-0.1, -0.05) is 11.6 Å². The van der Waals surface area contributed by atoms with Gasteiger partial charge in [0, 0.05) is 17.4 Å². The molecule has 6 nitrogen and oxygen atoms in total. The van der Waals surface area contributed by atoms with E-state index in [1.165, 1.54) is 22.9 Å². The fourth-order valence-corrected chi connectivity index (χ4v) is 1.85. The van der Waals surface area contributed by atoms with Crippen LogP contribution >= 0.6 is 11.6 Å². The van der Waals surface area contributed by atoms with Crippen LogP contribution in [0, 0.1) is 0 Å². The predicted molar refractivity (Wildman–Crippen MR) is 74.0 cm³/mol. The Bertz CT molecular complexity index is 640. The minimum atomic E-state index is -1.14. The molecule has 1 unspecified atom stereocenters. The van der Waals surface area contributed by atoms with Gasteiger partial charge in [-0.05, 0) is 31.2 Å². The van der Waals surface area contributed by atoms with Crippen LogP contribution < -0.4 is 5.32 Å². The number of hydrogen-bond acceptors (Lipinski definition) is 3. The molecule has 7 heteroatoms. The molecule has 104 valence electrons. The van der Waals surface area contributed by atoms with Crippen LogP contribution in [0.25, 0.3) is 0 Å². The summed E-state index contributed by atoms with van der Waals surface area (Å²) < 4.78 is 1.47. The number of carbonyl (C=O) groups excluding carboxylic acids is 1. The van der Waals surface area contributed by atoms with E-state index in [0.29, 0.717) is 5.02 Å². The van der Waals surface area contributed by atoms with E-state index in [0.717, 1.165) is 0 Å². The summed E-state index contributed by atoms with van der Waals surface area (Å²) in [5, 5.41) is 15.9. The van der Waals surface area contributed by atoms with Crippen LogP contribution in [-0.2, 0) is 4.79 Å². The Kier molecular flexibility index (Phi) is 4.05. The summed E-state index contributed by atoms with van der Waals surface area (Å²) in [6.45, 7) is 1.66. The Labute approximate surface area is 120 Å². The van der Waals surface area contributed by atoms with Crippen LogP contribution in [0.15, 0.2) is 36.7 Å². The highest BCUT2D eigenvalue weighted by Crippen LogP contribution is 2.22. The Morgan fingerprint density at radius 3 is 2.80 bits per heavy atom.